The summed E-state index contributed by atoms with van der Waals surface area (Å²) < 4.78 is 0. The maximum absolute atomic E-state index is 11.1. The van der Waals surface area contributed by atoms with Crippen LogP contribution in [0, 0.1) is 6.92 Å². The van der Waals surface area contributed by atoms with E-state index in [4.69, 9.17) is 0 Å². The summed E-state index contributed by atoms with van der Waals surface area (Å²) in [6, 6.07) is 1.50. The molecule has 0 unspecified atom stereocenters. The molecule has 0 aliphatic rings. The lowest BCUT2D eigenvalue weighted by molar-refractivity contribution is 0.883. The van der Waals surface area contributed by atoms with Crippen molar-refractivity contribution in [2.24, 2.45) is 0 Å². The predicted octanol–water partition coefficient (Wildman–Crippen LogP) is 1.88. The molecule has 0 atom stereocenters. The van der Waals surface area contributed by atoms with Crippen LogP contribution in [-0.2, 0) is 0 Å². The number of thiol groups is 1. The maximum Gasteiger partial charge on any atom is 0.251 e. The van der Waals surface area contributed by atoms with Crippen molar-refractivity contribution in [3.05, 3.63) is 22.1 Å². The second kappa shape index (κ2) is 6.14. The minimum Gasteiger partial charge on any atom is -0.301 e. The lowest BCUT2D eigenvalue weighted by Gasteiger charge is -2.00. The third-order valence-corrected chi connectivity index (χ3v) is 2.92. The Balaban J connectivity index is 2.46. The molecular weight excluding hydrogens is 216 g/mol. The molecule has 0 aromatic carbocycles. The molecule has 1 N–H and O–H groups in total. The zero-order valence-electron chi connectivity index (χ0n) is 8.12. The van der Waals surface area contributed by atoms with Gasteiger partial charge in [0.25, 0.3) is 5.56 Å². The SMILES string of the molecule is Cc1cc(=O)[nH]c(SCCCCS)n1. The van der Waals surface area contributed by atoms with Crippen molar-refractivity contribution >= 4 is 24.4 Å². The Labute approximate surface area is 93.1 Å². The van der Waals surface area contributed by atoms with Gasteiger partial charge in [-0.1, -0.05) is 11.8 Å². The lowest BCUT2D eigenvalue weighted by Crippen LogP contribution is -2.08. The summed E-state index contributed by atoms with van der Waals surface area (Å²) in [5.41, 5.74) is 0.694. The molecule has 0 saturated heterocycles. The monoisotopic (exact) mass is 230 g/mol. The second-order valence-corrected chi connectivity index (χ2v) is 4.50. The molecule has 78 valence electrons. The van der Waals surface area contributed by atoms with E-state index < -0.39 is 0 Å². The van der Waals surface area contributed by atoms with E-state index in [1.165, 1.54) is 6.07 Å². The summed E-state index contributed by atoms with van der Waals surface area (Å²) in [5.74, 6) is 1.89. The standard InChI is InChI=1S/C9H14N2OS2/c1-7-6-8(12)11-9(10-7)14-5-3-2-4-13/h6,13H,2-5H2,1H3,(H,10,11,12). The smallest absolute Gasteiger partial charge is 0.251 e. The lowest BCUT2D eigenvalue weighted by atomic mass is 10.4. The fraction of sp³-hybridized carbons (Fsp3) is 0.556. The van der Waals surface area contributed by atoms with Crippen LogP contribution < -0.4 is 5.56 Å². The van der Waals surface area contributed by atoms with Gasteiger partial charge in [0.05, 0.1) is 0 Å². The van der Waals surface area contributed by atoms with Crippen molar-refractivity contribution in [1.82, 2.24) is 9.97 Å². The van der Waals surface area contributed by atoms with Crippen LogP contribution in [0.1, 0.15) is 18.5 Å². The first-order valence-electron chi connectivity index (χ1n) is 4.54. The Morgan fingerprint density at radius 3 is 3.00 bits per heavy atom. The van der Waals surface area contributed by atoms with E-state index in [1.54, 1.807) is 11.8 Å². The van der Waals surface area contributed by atoms with E-state index >= 15 is 0 Å². The Morgan fingerprint density at radius 2 is 2.36 bits per heavy atom. The topological polar surface area (TPSA) is 45.8 Å². The Kier molecular flexibility index (Phi) is 5.11. The average molecular weight is 230 g/mol. The number of nitrogens with zero attached hydrogens (tertiary/aromatic N) is 1. The molecule has 0 bridgehead atoms. The van der Waals surface area contributed by atoms with Crippen molar-refractivity contribution in [3.8, 4) is 0 Å². The maximum atomic E-state index is 11.1. The Bertz CT molecular complexity index is 338. The third kappa shape index (κ3) is 4.19. The van der Waals surface area contributed by atoms with Crippen LogP contribution in [-0.4, -0.2) is 21.5 Å². The van der Waals surface area contributed by atoms with Gasteiger partial charge in [-0.15, -0.1) is 0 Å². The largest absolute Gasteiger partial charge is 0.301 e. The number of H-pyrrole nitrogens is 1. The van der Waals surface area contributed by atoms with Gasteiger partial charge >= 0.3 is 0 Å². The van der Waals surface area contributed by atoms with Crippen molar-refractivity contribution in [2.75, 3.05) is 11.5 Å². The summed E-state index contributed by atoms with van der Waals surface area (Å²) in [6.45, 7) is 1.83. The van der Waals surface area contributed by atoms with Gasteiger partial charge in [0.1, 0.15) is 0 Å². The second-order valence-electron chi connectivity index (χ2n) is 2.97. The van der Waals surface area contributed by atoms with Crippen molar-refractivity contribution in [3.63, 3.8) is 0 Å². The van der Waals surface area contributed by atoms with Gasteiger partial charge < -0.3 is 4.98 Å². The number of aromatic nitrogens is 2. The number of hydrogen-bond acceptors (Lipinski definition) is 4. The molecule has 3 nitrogen and oxygen atoms in total. The average Bonchev–Trinajstić information content (AvgIpc) is 2.11. The number of aryl methyl sites for hydroxylation is 1. The molecule has 0 saturated carbocycles. The number of nitrogens with one attached hydrogen (secondary N) is 1. The van der Waals surface area contributed by atoms with E-state index in [0.717, 1.165) is 30.0 Å². The van der Waals surface area contributed by atoms with Gasteiger partial charge in [-0.2, -0.15) is 12.6 Å². The van der Waals surface area contributed by atoms with Crippen molar-refractivity contribution < 1.29 is 0 Å². The molecule has 0 radical (unpaired) electrons. The van der Waals surface area contributed by atoms with Crippen LogP contribution in [0.25, 0.3) is 0 Å². The summed E-state index contributed by atoms with van der Waals surface area (Å²) >= 11 is 5.72. The van der Waals surface area contributed by atoms with Crippen LogP contribution in [0.4, 0.5) is 0 Å². The molecule has 1 rings (SSSR count). The molecule has 0 aliphatic carbocycles. The molecular formula is C9H14N2OS2. The number of rotatable bonds is 5. The van der Waals surface area contributed by atoms with E-state index in [0.29, 0.717) is 5.16 Å². The first-order chi connectivity index (χ1) is 6.72. The van der Waals surface area contributed by atoms with E-state index in [9.17, 15) is 4.79 Å². The van der Waals surface area contributed by atoms with Gasteiger partial charge in [-0.25, -0.2) is 4.98 Å². The van der Waals surface area contributed by atoms with Crippen LogP contribution in [0.2, 0.25) is 0 Å². The van der Waals surface area contributed by atoms with Crippen molar-refractivity contribution in [2.45, 2.75) is 24.9 Å². The Morgan fingerprint density at radius 1 is 1.57 bits per heavy atom. The zero-order valence-corrected chi connectivity index (χ0v) is 9.83. The highest BCUT2D eigenvalue weighted by atomic mass is 32.2. The zero-order chi connectivity index (χ0) is 10.4. The predicted molar refractivity (Wildman–Crippen MR) is 63.4 cm³/mol. The minimum atomic E-state index is -0.0748. The quantitative estimate of drug-likeness (QED) is 0.351. The highest BCUT2D eigenvalue weighted by molar-refractivity contribution is 7.99. The molecule has 1 aromatic rings. The fourth-order valence-corrected chi connectivity index (χ4v) is 2.15. The van der Waals surface area contributed by atoms with E-state index in [1.807, 2.05) is 6.92 Å². The van der Waals surface area contributed by atoms with Crippen LogP contribution >= 0.6 is 24.4 Å². The molecule has 0 spiro atoms. The number of hydrogen-bond donors (Lipinski definition) is 2. The molecule has 0 amide bonds. The van der Waals surface area contributed by atoms with Crippen molar-refractivity contribution in [1.29, 1.82) is 0 Å². The molecule has 0 fully saturated rings. The number of aromatic amines is 1. The first kappa shape index (κ1) is 11.7. The molecule has 1 aromatic heterocycles. The molecule has 5 heteroatoms. The van der Waals surface area contributed by atoms with Crippen LogP contribution in [0.3, 0.4) is 0 Å². The molecule has 14 heavy (non-hydrogen) atoms. The van der Waals surface area contributed by atoms with Crippen LogP contribution in [0.5, 0.6) is 0 Å². The summed E-state index contributed by atoms with van der Waals surface area (Å²) in [4.78, 5) is 18.0. The van der Waals surface area contributed by atoms with Gasteiger partial charge in [0, 0.05) is 17.5 Å². The first-order valence-corrected chi connectivity index (χ1v) is 6.16. The normalized spacial score (nSPS) is 10.4. The van der Waals surface area contributed by atoms with Gasteiger partial charge in [-0.3, -0.25) is 4.79 Å². The van der Waals surface area contributed by atoms with Gasteiger partial charge in [0.2, 0.25) is 0 Å². The number of unbranched alkanes of at least 4 members (excludes halogenated alkanes) is 1. The van der Waals surface area contributed by atoms with E-state index in [-0.39, 0.29) is 5.56 Å². The number of thioether (sulfide) groups is 1. The molecule has 1 heterocycles. The minimum absolute atomic E-state index is 0.0748. The summed E-state index contributed by atoms with van der Waals surface area (Å²) in [6.07, 6.45) is 2.21. The third-order valence-electron chi connectivity index (χ3n) is 1.64. The van der Waals surface area contributed by atoms with E-state index in [2.05, 4.69) is 22.6 Å². The molecule has 0 aliphatic heterocycles. The summed E-state index contributed by atoms with van der Waals surface area (Å²) in [7, 11) is 0. The van der Waals surface area contributed by atoms with Gasteiger partial charge in [-0.05, 0) is 25.5 Å². The highest BCUT2D eigenvalue weighted by Crippen LogP contribution is 2.13. The highest BCUT2D eigenvalue weighted by Gasteiger charge is 1.98. The fourth-order valence-electron chi connectivity index (χ4n) is 1.00. The van der Waals surface area contributed by atoms with Gasteiger partial charge in [0.15, 0.2) is 5.16 Å². The summed E-state index contributed by atoms with van der Waals surface area (Å²) in [5, 5.41) is 0.717. The Hall–Kier alpha value is -0.420. The van der Waals surface area contributed by atoms with Crippen LogP contribution in [0.15, 0.2) is 16.0 Å².